The molecule has 0 unspecified atom stereocenters. The fourth-order valence-corrected chi connectivity index (χ4v) is 2.64. The highest BCUT2D eigenvalue weighted by Crippen LogP contribution is 2.31. The summed E-state index contributed by atoms with van der Waals surface area (Å²) < 4.78 is 5.95. The Kier molecular flexibility index (Phi) is 3.15. The van der Waals surface area contributed by atoms with Crippen LogP contribution >= 0.6 is 11.6 Å². The lowest BCUT2D eigenvalue weighted by atomic mass is 10.1. The van der Waals surface area contributed by atoms with Crippen molar-refractivity contribution in [1.82, 2.24) is 9.88 Å². The molecule has 3 rings (SSSR count). The van der Waals surface area contributed by atoms with E-state index in [0.29, 0.717) is 6.01 Å². The number of nitrogens with zero attached hydrogens (tertiary/aromatic N) is 3. The van der Waals surface area contributed by atoms with E-state index < -0.39 is 0 Å². The van der Waals surface area contributed by atoms with Crippen LogP contribution in [0.2, 0.25) is 5.02 Å². The molecule has 1 aromatic carbocycles. The Hall–Kier alpha value is -1.26. The first kappa shape index (κ1) is 12.8. The minimum Gasteiger partial charge on any atom is -0.423 e. The Morgan fingerprint density at radius 3 is 2.53 bits per heavy atom. The van der Waals surface area contributed by atoms with Gasteiger partial charge in [0, 0.05) is 31.2 Å². The topological polar surface area (TPSA) is 32.5 Å². The van der Waals surface area contributed by atoms with Gasteiger partial charge in [0.2, 0.25) is 0 Å². The summed E-state index contributed by atoms with van der Waals surface area (Å²) in [6.07, 6.45) is 0. The van der Waals surface area contributed by atoms with E-state index >= 15 is 0 Å². The first-order valence-electron chi connectivity index (χ1n) is 6.56. The molecule has 2 aromatic rings. The summed E-state index contributed by atoms with van der Waals surface area (Å²) in [5.41, 5.74) is 3.85. The predicted molar refractivity (Wildman–Crippen MR) is 78.2 cm³/mol. The van der Waals surface area contributed by atoms with Gasteiger partial charge >= 0.3 is 0 Å². The minimum absolute atomic E-state index is 0.716. The first-order chi connectivity index (χ1) is 9.06. The van der Waals surface area contributed by atoms with E-state index in [4.69, 9.17) is 16.0 Å². The van der Waals surface area contributed by atoms with E-state index in [1.165, 1.54) is 0 Å². The molecule has 1 saturated heterocycles. The maximum atomic E-state index is 6.21. The van der Waals surface area contributed by atoms with Gasteiger partial charge in [-0.2, -0.15) is 4.98 Å². The number of likely N-dealkylation sites (N-methyl/N-ethyl adjacent to an activating group) is 1. The zero-order chi connectivity index (χ0) is 13.6. The predicted octanol–water partition coefficient (Wildman–Crippen LogP) is 2.85. The van der Waals surface area contributed by atoms with E-state index in [2.05, 4.69) is 21.8 Å². The molecular formula is C14H18ClN3O. The van der Waals surface area contributed by atoms with Gasteiger partial charge < -0.3 is 14.2 Å². The number of aryl methyl sites for hydroxylation is 1. The summed E-state index contributed by atoms with van der Waals surface area (Å²) in [6.45, 7) is 8.02. The van der Waals surface area contributed by atoms with Gasteiger partial charge in [0.05, 0.1) is 0 Å². The Morgan fingerprint density at radius 2 is 1.84 bits per heavy atom. The quantitative estimate of drug-likeness (QED) is 0.804. The summed E-state index contributed by atoms with van der Waals surface area (Å²) in [4.78, 5) is 9.09. The molecule has 1 fully saturated rings. The summed E-state index contributed by atoms with van der Waals surface area (Å²) in [6, 6.07) is 2.61. The van der Waals surface area contributed by atoms with Crippen molar-refractivity contribution in [3.63, 3.8) is 0 Å². The molecule has 1 aliphatic rings. The lowest BCUT2D eigenvalue weighted by molar-refractivity contribution is 0.305. The van der Waals surface area contributed by atoms with Crippen molar-refractivity contribution in [1.29, 1.82) is 0 Å². The summed E-state index contributed by atoms with van der Waals surface area (Å²) in [5.74, 6) is 0. The smallest absolute Gasteiger partial charge is 0.298 e. The van der Waals surface area contributed by atoms with Gasteiger partial charge in [0.25, 0.3) is 6.01 Å². The number of hydrogen-bond donors (Lipinski definition) is 0. The lowest BCUT2D eigenvalue weighted by Gasteiger charge is -2.31. The van der Waals surface area contributed by atoms with Crippen LogP contribution in [-0.4, -0.2) is 43.1 Å². The number of piperazine rings is 1. The van der Waals surface area contributed by atoms with Crippen LogP contribution in [-0.2, 0) is 0 Å². The molecule has 4 nitrogen and oxygen atoms in total. The second-order valence-corrected chi connectivity index (χ2v) is 5.65. The monoisotopic (exact) mass is 279 g/mol. The first-order valence-corrected chi connectivity index (χ1v) is 6.94. The zero-order valence-electron chi connectivity index (χ0n) is 11.5. The molecule has 0 saturated carbocycles. The zero-order valence-corrected chi connectivity index (χ0v) is 12.3. The number of halogens is 1. The molecule has 1 aromatic heterocycles. The average Bonchev–Trinajstić information content (AvgIpc) is 2.81. The molecule has 102 valence electrons. The van der Waals surface area contributed by atoms with E-state index in [9.17, 15) is 0 Å². The SMILES string of the molecule is Cc1c(Cl)cc2nc(N3CCN(C)CC3)oc2c1C. The van der Waals surface area contributed by atoms with E-state index in [1.54, 1.807) is 0 Å². The molecule has 19 heavy (non-hydrogen) atoms. The third kappa shape index (κ3) is 2.19. The normalized spacial score (nSPS) is 17.4. The minimum atomic E-state index is 0.716. The van der Waals surface area contributed by atoms with Gasteiger partial charge in [-0.1, -0.05) is 11.6 Å². The van der Waals surface area contributed by atoms with Crippen molar-refractivity contribution in [2.45, 2.75) is 13.8 Å². The second kappa shape index (κ2) is 4.69. The van der Waals surface area contributed by atoms with Crippen molar-refractivity contribution >= 4 is 28.7 Å². The maximum absolute atomic E-state index is 6.21. The second-order valence-electron chi connectivity index (χ2n) is 5.24. The average molecular weight is 280 g/mol. The van der Waals surface area contributed by atoms with Crippen LogP contribution in [0.1, 0.15) is 11.1 Å². The van der Waals surface area contributed by atoms with Crippen molar-refractivity contribution in [2.24, 2.45) is 0 Å². The molecule has 5 heteroatoms. The number of benzene rings is 1. The van der Waals surface area contributed by atoms with Crippen LogP contribution in [0.25, 0.3) is 11.1 Å². The van der Waals surface area contributed by atoms with Crippen molar-refractivity contribution in [3.05, 3.63) is 22.2 Å². The maximum Gasteiger partial charge on any atom is 0.298 e. The van der Waals surface area contributed by atoms with Gasteiger partial charge in [-0.05, 0) is 38.1 Å². The van der Waals surface area contributed by atoms with Gasteiger partial charge in [-0.25, -0.2) is 0 Å². The van der Waals surface area contributed by atoms with Crippen molar-refractivity contribution < 1.29 is 4.42 Å². The number of oxazole rings is 1. The van der Waals surface area contributed by atoms with Crippen LogP contribution in [0.4, 0.5) is 6.01 Å². The highest BCUT2D eigenvalue weighted by Gasteiger charge is 2.20. The highest BCUT2D eigenvalue weighted by molar-refractivity contribution is 6.32. The van der Waals surface area contributed by atoms with Crippen molar-refractivity contribution in [2.75, 3.05) is 38.1 Å². The molecule has 2 heterocycles. The van der Waals surface area contributed by atoms with Gasteiger partial charge in [0.1, 0.15) is 5.52 Å². The number of anilines is 1. The third-order valence-corrected chi connectivity index (χ3v) is 4.33. The molecule has 0 N–H and O–H groups in total. The Labute approximate surface area is 117 Å². The fourth-order valence-electron chi connectivity index (χ4n) is 2.40. The molecule has 0 aliphatic carbocycles. The van der Waals surface area contributed by atoms with E-state index in [1.807, 2.05) is 19.9 Å². The number of rotatable bonds is 1. The molecule has 0 amide bonds. The van der Waals surface area contributed by atoms with Crippen LogP contribution < -0.4 is 4.90 Å². The lowest BCUT2D eigenvalue weighted by Crippen LogP contribution is -2.44. The molecule has 0 spiro atoms. The van der Waals surface area contributed by atoms with Gasteiger partial charge in [0.15, 0.2) is 5.58 Å². The van der Waals surface area contributed by atoms with Gasteiger partial charge in [-0.3, -0.25) is 0 Å². The van der Waals surface area contributed by atoms with Crippen LogP contribution in [0.5, 0.6) is 0 Å². The standard InChI is InChI=1S/C14H18ClN3O/c1-9-10(2)13-12(8-11(9)15)16-14(19-13)18-6-4-17(3)5-7-18/h8H,4-7H2,1-3H3. The molecule has 0 atom stereocenters. The largest absolute Gasteiger partial charge is 0.423 e. The Balaban J connectivity index is 2.00. The molecular weight excluding hydrogens is 262 g/mol. The highest BCUT2D eigenvalue weighted by atomic mass is 35.5. The summed E-state index contributed by atoms with van der Waals surface area (Å²) in [5, 5.41) is 0.753. The van der Waals surface area contributed by atoms with Crippen molar-refractivity contribution in [3.8, 4) is 0 Å². The van der Waals surface area contributed by atoms with Crippen LogP contribution in [0.3, 0.4) is 0 Å². The number of fused-ring (bicyclic) bond motifs is 1. The van der Waals surface area contributed by atoms with E-state index in [-0.39, 0.29) is 0 Å². The third-order valence-electron chi connectivity index (χ3n) is 3.94. The summed E-state index contributed by atoms with van der Waals surface area (Å²) >= 11 is 6.21. The Morgan fingerprint density at radius 1 is 1.16 bits per heavy atom. The number of aromatic nitrogens is 1. The van der Waals surface area contributed by atoms with Gasteiger partial charge in [-0.15, -0.1) is 0 Å². The van der Waals surface area contributed by atoms with Crippen LogP contribution in [0, 0.1) is 13.8 Å². The summed E-state index contributed by atoms with van der Waals surface area (Å²) in [7, 11) is 2.14. The molecule has 1 aliphatic heterocycles. The molecule has 0 radical (unpaired) electrons. The fraction of sp³-hybridized carbons (Fsp3) is 0.500. The van der Waals surface area contributed by atoms with Crippen LogP contribution in [0.15, 0.2) is 10.5 Å². The molecule has 0 bridgehead atoms. The van der Waals surface area contributed by atoms with E-state index in [0.717, 1.165) is 53.4 Å². The number of hydrogen-bond acceptors (Lipinski definition) is 4. The Bertz CT molecular complexity index is 615.